The fourth-order valence-corrected chi connectivity index (χ4v) is 2.80. The largest absolute Gasteiger partial charge is 0.382 e. The summed E-state index contributed by atoms with van der Waals surface area (Å²) < 4.78 is 26.3. The molecule has 0 aromatic heterocycles. The summed E-state index contributed by atoms with van der Waals surface area (Å²) in [6, 6.07) is 3.81. The van der Waals surface area contributed by atoms with Crippen molar-refractivity contribution in [2.75, 3.05) is 25.0 Å². The topological polar surface area (TPSA) is 15.3 Å². The van der Waals surface area contributed by atoms with Gasteiger partial charge in [0.15, 0.2) is 0 Å². The molecule has 1 heterocycles. The van der Waals surface area contributed by atoms with E-state index in [1.807, 2.05) is 0 Å². The summed E-state index contributed by atoms with van der Waals surface area (Å²) in [4.78, 5) is 2.43. The van der Waals surface area contributed by atoms with Crippen molar-refractivity contribution in [3.05, 3.63) is 29.8 Å². The average molecular weight is 268 g/mol. The molecular formula is C15H22F2N2. The fraction of sp³-hybridized carbons (Fsp3) is 0.600. The van der Waals surface area contributed by atoms with Crippen LogP contribution in [0.1, 0.15) is 26.7 Å². The Balaban J connectivity index is 1.98. The van der Waals surface area contributed by atoms with E-state index in [1.165, 1.54) is 25.0 Å². The lowest BCUT2D eigenvalue weighted by atomic mass is 9.91. The third kappa shape index (κ3) is 3.90. The number of rotatable bonds is 4. The normalized spacial score (nSPS) is 22.2. The highest BCUT2D eigenvalue weighted by Crippen LogP contribution is 2.23. The molecule has 1 aliphatic heterocycles. The molecule has 1 aromatic rings. The maximum absolute atomic E-state index is 13.1. The Morgan fingerprint density at radius 2 is 2.00 bits per heavy atom. The van der Waals surface area contributed by atoms with Gasteiger partial charge in [0.25, 0.3) is 0 Å². The predicted octanol–water partition coefficient (Wildman–Crippen LogP) is 3.50. The van der Waals surface area contributed by atoms with E-state index in [4.69, 9.17) is 0 Å². The molecule has 2 nitrogen and oxygen atoms in total. The highest BCUT2D eigenvalue weighted by atomic mass is 19.1. The molecular weight excluding hydrogens is 246 g/mol. The van der Waals surface area contributed by atoms with Gasteiger partial charge in [0.05, 0.1) is 0 Å². The van der Waals surface area contributed by atoms with Gasteiger partial charge in [0.1, 0.15) is 11.6 Å². The van der Waals surface area contributed by atoms with Gasteiger partial charge in [0, 0.05) is 24.3 Å². The first-order chi connectivity index (χ1) is 9.08. The standard InChI is InChI=1S/C15H22F2N2/c1-3-19-6-4-5-12(10-19)11(2)18-15-8-13(16)7-14(17)9-15/h7-9,11-12,18H,3-6,10H2,1-2H3. The molecule has 0 aliphatic carbocycles. The summed E-state index contributed by atoms with van der Waals surface area (Å²) in [6.07, 6.45) is 2.37. The van der Waals surface area contributed by atoms with Crippen LogP contribution < -0.4 is 5.32 Å². The summed E-state index contributed by atoms with van der Waals surface area (Å²) >= 11 is 0. The number of likely N-dealkylation sites (tertiary alicyclic amines) is 1. The van der Waals surface area contributed by atoms with Crippen molar-refractivity contribution >= 4 is 5.69 Å². The molecule has 0 saturated carbocycles. The van der Waals surface area contributed by atoms with Crippen molar-refractivity contribution in [3.63, 3.8) is 0 Å². The van der Waals surface area contributed by atoms with E-state index < -0.39 is 11.6 Å². The van der Waals surface area contributed by atoms with Gasteiger partial charge in [-0.1, -0.05) is 6.92 Å². The van der Waals surface area contributed by atoms with E-state index >= 15 is 0 Å². The van der Waals surface area contributed by atoms with Crippen molar-refractivity contribution in [2.45, 2.75) is 32.7 Å². The first-order valence-electron chi connectivity index (χ1n) is 7.03. The second-order valence-corrected chi connectivity index (χ2v) is 5.39. The van der Waals surface area contributed by atoms with Gasteiger partial charge >= 0.3 is 0 Å². The van der Waals surface area contributed by atoms with Gasteiger partial charge in [-0.25, -0.2) is 8.78 Å². The second kappa shape index (κ2) is 6.33. The second-order valence-electron chi connectivity index (χ2n) is 5.39. The third-order valence-electron chi connectivity index (χ3n) is 3.95. The Bertz CT molecular complexity index is 402. The lowest BCUT2D eigenvalue weighted by Crippen LogP contribution is -2.41. The number of piperidine rings is 1. The van der Waals surface area contributed by atoms with Crippen LogP contribution in [0.15, 0.2) is 18.2 Å². The van der Waals surface area contributed by atoms with Crippen molar-refractivity contribution in [3.8, 4) is 0 Å². The number of halogens is 2. The highest BCUT2D eigenvalue weighted by molar-refractivity contribution is 5.44. The Labute approximate surface area is 113 Å². The smallest absolute Gasteiger partial charge is 0.128 e. The van der Waals surface area contributed by atoms with Crippen molar-refractivity contribution in [1.82, 2.24) is 4.90 Å². The van der Waals surface area contributed by atoms with E-state index in [-0.39, 0.29) is 6.04 Å². The zero-order valence-electron chi connectivity index (χ0n) is 11.6. The Morgan fingerprint density at radius 1 is 1.32 bits per heavy atom. The van der Waals surface area contributed by atoms with Crippen molar-refractivity contribution < 1.29 is 8.78 Å². The van der Waals surface area contributed by atoms with Crippen molar-refractivity contribution in [1.29, 1.82) is 0 Å². The molecule has 19 heavy (non-hydrogen) atoms. The fourth-order valence-electron chi connectivity index (χ4n) is 2.80. The number of nitrogens with zero attached hydrogens (tertiary/aromatic N) is 1. The molecule has 2 unspecified atom stereocenters. The minimum Gasteiger partial charge on any atom is -0.382 e. The van der Waals surface area contributed by atoms with Crippen LogP contribution in [0.4, 0.5) is 14.5 Å². The van der Waals surface area contributed by atoms with Crippen LogP contribution in [0, 0.1) is 17.6 Å². The van der Waals surface area contributed by atoms with Crippen LogP contribution in [-0.2, 0) is 0 Å². The summed E-state index contributed by atoms with van der Waals surface area (Å²) in [5, 5.41) is 3.23. The minimum absolute atomic E-state index is 0.218. The third-order valence-corrected chi connectivity index (χ3v) is 3.95. The van der Waals surface area contributed by atoms with Gasteiger partial charge in [-0.2, -0.15) is 0 Å². The molecule has 2 rings (SSSR count). The van der Waals surface area contributed by atoms with Gasteiger partial charge < -0.3 is 10.2 Å². The first-order valence-corrected chi connectivity index (χ1v) is 7.03. The molecule has 106 valence electrons. The van der Waals surface area contributed by atoms with Crippen LogP contribution in [0.5, 0.6) is 0 Å². The summed E-state index contributed by atoms with van der Waals surface area (Å²) in [7, 11) is 0. The van der Waals surface area contributed by atoms with E-state index in [0.717, 1.165) is 25.7 Å². The molecule has 2 atom stereocenters. The number of hydrogen-bond acceptors (Lipinski definition) is 2. The molecule has 0 radical (unpaired) electrons. The number of nitrogens with one attached hydrogen (secondary N) is 1. The molecule has 1 fully saturated rings. The number of anilines is 1. The maximum Gasteiger partial charge on any atom is 0.128 e. The molecule has 0 amide bonds. The SMILES string of the molecule is CCN1CCCC(C(C)Nc2cc(F)cc(F)c2)C1. The van der Waals surface area contributed by atoms with Gasteiger partial charge in [-0.3, -0.25) is 0 Å². The van der Waals surface area contributed by atoms with Crippen LogP contribution >= 0.6 is 0 Å². The zero-order chi connectivity index (χ0) is 13.8. The summed E-state index contributed by atoms with van der Waals surface area (Å²) in [5.74, 6) is -0.540. The van der Waals surface area contributed by atoms with E-state index in [1.54, 1.807) is 0 Å². The van der Waals surface area contributed by atoms with E-state index in [9.17, 15) is 8.78 Å². The Hall–Kier alpha value is -1.16. The monoisotopic (exact) mass is 268 g/mol. The molecule has 0 spiro atoms. The Morgan fingerprint density at radius 3 is 2.63 bits per heavy atom. The van der Waals surface area contributed by atoms with Crippen LogP contribution in [0.2, 0.25) is 0 Å². The highest BCUT2D eigenvalue weighted by Gasteiger charge is 2.23. The molecule has 1 aromatic carbocycles. The number of hydrogen-bond donors (Lipinski definition) is 1. The first kappa shape index (κ1) is 14.3. The summed E-state index contributed by atoms with van der Waals surface area (Å²) in [6.45, 7) is 7.55. The lowest BCUT2D eigenvalue weighted by molar-refractivity contribution is 0.172. The van der Waals surface area contributed by atoms with E-state index in [2.05, 4.69) is 24.1 Å². The quantitative estimate of drug-likeness (QED) is 0.899. The van der Waals surface area contributed by atoms with E-state index in [0.29, 0.717) is 11.6 Å². The van der Waals surface area contributed by atoms with Crippen LogP contribution in [-0.4, -0.2) is 30.6 Å². The van der Waals surface area contributed by atoms with Crippen LogP contribution in [0.3, 0.4) is 0 Å². The Kier molecular flexibility index (Phi) is 4.75. The maximum atomic E-state index is 13.1. The number of benzene rings is 1. The zero-order valence-corrected chi connectivity index (χ0v) is 11.6. The lowest BCUT2D eigenvalue weighted by Gasteiger charge is -2.35. The molecule has 4 heteroatoms. The molecule has 1 N–H and O–H groups in total. The average Bonchev–Trinajstić information content (AvgIpc) is 2.37. The van der Waals surface area contributed by atoms with Gasteiger partial charge in [0.2, 0.25) is 0 Å². The summed E-state index contributed by atoms with van der Waals surface area (Å²) in [5.41, 5.74) is 0.527. The van der Waals surface area contributed by atoms with Gasteiger partial charge in [-0.05, 0) is 50.9 Å². The molecule has 1 saturated heterocycles. The van der Waals surface area contributed by atoms with Crippen LogP contribution in [0.25, 0.3) is 0 Å². The molecule has 1 aliphatic rings. The van der Waals surface area contributed by atoms with Gasteiger partial charge in [-0.15, -0.1) is 0 Å². The predicted molar refractivity (Wildman–Crippen MR) is 74.3 cm³/mol. The molecule has 0 bridgehead atoms. The van der Waals surface area contributed by atoms with Crippen molar-refractivity contribution in [2.24, 2.45) is 5.92 Å². The minimum atomic E-state index is -0.534.